The highest BCUT2D eigenvalue weighted by molar-refractivity contribution is 5.87. The van der Waals surface area contributed by atoms with Crippen LogP contribution in [0.2, 0.25) is 0 Å². The van der Waals surface area contributed by atoms with Crippen molar-refractivity contribution in [3.63, 3.8) is 0 Å². The molecule has 0 saturated carbocycles. The summed E-state index contributed by atoms with van der Waals surface area (Å²) < 4.78 is 5.45. The van der Waals surface area contributed by atoms with Crippen molar-refractivity contribution >= 4 is 29.4 Å². The molecule has 0 aliphatic carbocycles. The zero-order valence-corrected chi connectivity index (χ0v) is 12.7. The van der Waals surface area contributed by atoms with Gasteiger partial charge in [0.1, 0.15) is 5.52 Å². The first kappa shape index (κ1) is 16.2. The van der Waals surface area contributed by atoms with E-state index < -0.39 is 0 Å². The summed E-state index contributed by atoms with van der Waals surface area (Å²) in [4.78, 5) is 18.1. The monoisotopic (exact) mass is 294 g/mol. The number of nitrogens with zero attached hydrogens (tertiary/aromatic N) is 2. The number of pyridine rings is 1. The summed E-state index contributed by atoms with van der Waals surface area (Å²) in [5.74, 6) is 0.512. The van der Waals surface area contributed by atoms with Crippen molar-refractivity contribution in [2.24, 2.45) is 0 Å². The first-order chi connectivity index (χ1) is 9.15. The molecule has 5 heteroatoms. The molecule has 0 saturated heterocycles. The number of hydrogen-bond donors (Lipinski definition) is 0. The van der Waals surface area contributed by atoms with Crippen molar-refractivity contribution in [1.29, 1.82) is 0 Å². The predicted molar refractivity (Wildman–Crippen MR) is 82.7 cm³/mol. The van der Waals surface area contributed by atoms with Gasteiger partial charge in [-0.3, -0.25) is 0 Å². The molecule has 108 valence electrons. The summed E-state index contributed by atoms with van der Waals surface area (Å²) in [6, 6.07) is 9.52. The van der Waals surface area contributed by atoms with E-state index in [9.17, 15) is 4.79 Å². The molecule has 0 atom stereocenters. The number of ether oxygens (including phenoxy) is 1. The second-order valence-electron chi connectivity index (χ2n) is 4.32. The number of para-hydroxylation sites is 1. The van der Waals surface area contributed by atoms with Crippen LogP contribution in [0.15, 0.2) is 30.3 Å². The Labute approximate surface area is 125 Å². The number of aryl methyl sites for hydroxylation is 1. The third-order valence-electron chi connectivity index (χ3n) is 3.04. The number of amides is 1. The molecule has 1 aromatic carbocycles. The van der Waals surface area contributed by atoms with Gasteiger partial charge in [-0.05, 0) is 32.9 Å². The highest BCUT2D eigenvalue weighted by atomic mass is 35.5. The first-order valence-electron chi connectivity index (χ1n) is 6.48. The maximum atomic E-state index is 12.0. The van der Waals surface area contributed by atoms with E-state index in [1.807, 2.05) is 45.0 Å². The van der Waals surface area contributed by atoms with Crippen molar-refractivity contribution in [3.05, 3.63) is 36.0 Å². The largest absolute Gasteiger partial charge is 0.415 e. The zero-order valence-electron chi connectivity index (χ0n) is 11.9. The van der Waals surface area contributed by atoms with E-state index in [0.717, 1.165) is 16.6 Å². The third kappa shape index (κ3) is 3.39. The van der Waals surface area contributed by atoms with Crippen LogP contribution in [0.4, 0.5) is 4.79 Å². The van der Waals surface area contributed by atoms with Gasteiger partial charge in [-0.15, -0.1) is 12.4 Å². The van der Waals surface area contributed by atoms with Gasteiger partial charge in [-0.2, -0.15) is 0 Å². The van der Waals surface area contributed by atoms with Gasteiger partial charge in [0.25, 0.3) is 0 Å². The van der Waals surface area contributed by atoms with Gasteiger partial charge < -0.3 is 9.64 Å². The fourth-order valence-electron chi connectivity index (χ4n) is 1.94. The van der Waals surface area contributed by atoms with Gasteiger partial charge in [-0.1, -0.05) is 18.2 Å². The van der Waals surface area contributed by atoms with Gasteiger partial charge in [0.2, 0.25) is 0 Å². The molecule has 2 aromatic rings. The SMILES string of the molecule is CCN(CC)C(=O)Oc1cccc2ccc(C)nc12.Cl. The average molecular weight is 295 g/mol. The Kier molecular flexibility index (Phi) is 5.77. The molecule has 0 fully saturated rings. The maximum Gasteiger partial charge on any atom is 0.415 e. The summed E-state index contributed by atoms with van der Waals surface area (Å²) in [7, 11) is 0. The van der Waals surface area contributed by atoms with E-state index in [1.165, 1.54) is 0 Å². The van der Waals surface area contributed by atoms with Crippen LogP contribution in [0.25, 0.3) is 10.9 Å². The fourth-order valence-corrected chi connectivity index (χ4v) is 1.94. The first-order valence-corrected chi connectivity index (χ1v) is 6.48. The molecule has 0 aliphatic heterocycles. The number of aromatic nitrogens is 1. The highest BCUT2D eigenvalue weighted by Crippen LogP contribution is 2.24. The van der Waals surface area contributed by atoms with Crippen LogP contribution in [0, 0.1) is 6.92 Å². The number of carbonyl (C=O) groups is 1. The number of carbonyl (C=O) groups excluding carboxylic acids is 1. The van der Waals surface area contributed by atoms with Crippen LogP contribution in [0.1, 0.15) is 19.5 Å². The molecule has 0 N–H and O–H groups in total. The topological polar surface area (TPSA) is 42.4 Å². The molecule has 1 heterocycles. The number of hydrogen-bond acceptors (Lipinski definition) is 3. The molecule has 0 unspecified atom stereocenters. The fraction of sp³-hybridized carbons (Fsp3) is 0.333. The highest BCUT2D eigenvalue weighted by Gasteiger charge is 2.14. The van der Waals surface area contributed by atoms with Gasteiger partial charge in [0.05, 0.1) is 0 Å². The Morgan fingerprint density at radius 3 is 2.55 bits per heavy atom. The minimum absolute atomic E-state index is 0. The van der Waals surface area contributed by atoms with Gasteiger partial charge in [-0.25, -0.2) is 9.78 Å². The van der Waals surface area contributed by atoms with E-state index >= 15 is 0 Å². The van der Waals surface area contributed by atoms with E-state index in [2.05, 4.69) is 4.98 Å². The minimum atomic E-state index is -0.333. The van der Waals surface area contributed by atoms with E-state index in [1.54, 1.807) is 11.0 Å². The van der Waals surface area contributed by atoms with Crippen molar-refractivity contribution in [1.82, 2.24) is 9.88 Å². The number of rotatable bonds is 3. The van der Waals surface area contributed by atoms with Crippen molar-refractivity contribution < 1.29 is 9.53 Å². The Hall–Kier alpha value is -1.81. The lowest BCUT2D eigenvalue weighted by atomic mass is 10.2. The minimum Gasteiger partial charge on any atom is -0.408 e. The zero-order chi connectivity index (χ0) is 13.8. The van der Waals surface area contributed by atoms with Gasteiger partial charge in [0.15, 0.2) is 5.75 Å². The molecule has 0 bridgehead atoms. The number of benzene rings is 1. The molecular formula is C15H19ClN2O2. The average Bonchev–Trinajstić information content (AvgIpc) is 2.41. The summed E-state index contributed by atoms with van der Waals surface area (Å²) in [5.41, 5.74) is 1.63. The molecule has 1 aromatic heterocycles. The lowest BCUT2D eigenvalue weighted by Crippen LogP contribution is -2.33. The third-order valence-corrected chi connectivity index (χ3v) is 3.04. The lowest BCUT2D eigenvalue weighted by Gasteiger charge is -2.18. The molecule has 0 radical (unpaired) electrons. The normalized spacial score (nSPS) is 9.95. The summed E-state index contributed by atoms with van der Waals surface area (Å²) >= 11 is 0. The van der Waals surface area contributed by atoms with Crippen LogP contribution in [0.5, 0.6) is 5.75 Å². The van der Waals surface area contributed by atoms with Crippen molar-refractivity contribution in [2.45, 2.75) is 20.8 Å². The van der Waals surface area contributed by atoms with Crippen LogP contribution >= 0.6 is 12.4 Å². The standard InChI is InChI=1S/C15H18N2O2.ClH/c1-4-17(5-2)15(18)19-13-8-6-7-12-10-9-11(3)16-14(12)13;/h6-10H,4-5H2,1-3H3;1H. The van der Waals surface area contributed by atoms with Crippen molar-refractivity contribution in [3.8, 4) is 5.75 Å². The number of fused-ring (bicyclic) bond motifs is 1. The molecule has 2 rings (SSSR count). The Balaban J connectivity index is 0.00000200. The van der Waals surface area contributed by atoms with E-state index in [0.29, 0.717) is 18.8 Å². The Bertz CT molecular complexity index is 597. The summed E-state index contributed by atoms with van der Waals surface area (Å²) in [6.07, 6.45) is -0.333. The van der Waals surface area contributed by atoms with Crippen molar-refractivity contribution in [2.75, 3.05) is 13.1 Å². The Morgan fingerprint density at radius 2 is 1.90 bits per heavy atom. The molecule has 1 amide bonds. The summed E-state index contributed by atoms with van der Waals surface area (Å²) in [5, 5.41) is 0.968. The van der Waals surface area contributed by atoms with Gasteiger partial charge in [0, 0.05) is 24.2 Å². The van der Waals surface area contributed by atoms with Gasteiger partial charge >= 0.3 is 6.09 Å². The number of halogens is 1. The second kappa shape index (κ2) is 7.10. The van der Waals surface area contributed by atoms with E-state index in [4.69, 9.17) is 4.74 Å². The van der Waals surface area contributed by atoms with Crippen LogP contribution < -0.4 is 4.74 Å². The molecule has 0 aliphatic rings. The quantitative estimate of drug-likeness (QED) is 0.864. The predicted octanol–water partition coefficient (Wildman–Crippen LogP) is 3.81. The van der Waals surface area contributed by atoms with Crippen LogP contribution in [-0.2, 0) is 0 Å². The molecular weight excluding hydrogens is 276 g/mol. The van der Waals surface area contributed by atoms with Crippen LogP contribution in [-0.4, -0.2) is 29.1 Å². The maximum absolute atomic E-state index is 12.0. The van der Waals surface area contributed by atoms with Crippen LogP contribution in [0.3, 0.4) is 0 Å². The summed E-state index contributed by atoms with van der Waals surface area (Å²) in [6.45, 7) is 7.04. The molecule has 4 nitrogen and oxygen atoms in total. The lowest BCUT2D eigenvalue weighted by molar-refractivity contribution is 0.158. The Morgan fingerprint density at radius 1 is 1.20 bits per heavy atom. The molecule has 20 heavy (non-hydrogen) atoms. The smallest absolute Gasteiger partial charge is 0.408 e. The second-order valence-corrected chi connectivity index (χ2v) is 4.32. The molecule has 0 spiro atoms. The van der Waals surface area contributed by atoms with E-state index in [-0.39, 0.29) is 18.5 Å².